The largest absolute Gasteiger partial charge is 0.241 e. The average molecular weight is 228 g/mol. The molecular formula is C13H12N2S. The fourth-order valence-corrected chi connectivity index (χ4v) is 2.29. The van der Waals surface area contributed by atoms with Gasteiger partial charge >= 0.3 is 0 Å². The highest BCUT2D eigenvalue weighted by molar-refractivity contribution is 7.99. The lowest BCUT2D eigenvalue weighted by Crippen LogP contribution is -1.88. The Bertz CT molecular complexity index is 570. The summed E-state index contributed by atoms with van der Waals surface area (Å²) < 4.78 is 0. The summed E-state index contributed by atoms with van der Waals surface area (Å²) in [5.41, 5.74) is 3.47. The number of nitriles is 1. The Hall–Kier alpha value is -1.53. The molecule has 0 aliphatic rings. The number of rotatable bonds is 2. The van der Waals surface area contributed by atoms with Gasteiger partial charge in [0.15, 0.2) is 0 Å². The maximum Gasteiger partial charge on any atom is 0.0980 e. The molecule has 2 nitrogen and oxygen atoms in total. The third-order valence-electron chi connectivity index (χ3n) is 2.43. The molecule has 1 heterocycles. The van der Waals surface area contributed by atoms with Crippen LogP contribution in [0.1, 0.15) is 11.1 Å². The molecule has 80 valence electrons. The van der Waals surface area contributed by atoms with E-state index in [-0.39, 0.29) is 0 Å². The topological polar surface area (TPSA) is 36.7 Å². The fourth-order valence-electron chi connectivity index (χ4n) is 1.66. The number of benzene rings is 1. The van der Waals surface area contributed by atoms with Crippen LogP contribution in [0, 0.1) is 25.2 Å². The first-order valence-electron chi connectivity index (χ1n) is 5.08. The zero-order valence-corrected chi connectivity index (χ0v) is 10.1. The summed E-state index contributed by atoms with van der Waals surface area (Å²) in [7, 11) is 0. The summed E-state index contributed by atoms with van der Waals surface area (Å²) in [6.07, 6.45) is 0. The van der Waals surface area contributed by atoms with Crippen LogP contribution in [0.4, 0.5) is 0 Å². The van der Waals surface area contributed by atoms with Crippen molar-refractivity contribution in [1.82, 2.24) is 4.98 Å². The van der Waals surface area contributed by atoms with Crippen molar-refractivity contribution in [2.24, 2.45) is 0 Å². The van der Waals surface area contributed by atoms with E-state index in [1.54, 1.807) is 0 Å². The van der Waals surface area contributed by atoms with Gasteiger partial charge in [-0.05, 0) is 37.6 Å². The van der Waals surface area contributed by atoms with Crippen LogP contribution < -0.4 is 0 Å². The van der Waals surface area contributed by atoms with Gasteiger partial charge in [-0.1, -0.05) is 23.4 Å². The lowest BCUT2D eigenvalue weighted by molar-refractivity contribution is 1.17. The molecule has 0 aliphatic carbocycles. The monoisotopic (exact) mass is 228 g/mol. The minimum atomic E-state index is 0.448. The molecule has 0 atom stereocenters. The zero-order valence-electron chi connectivity index (χ0n) is 9.32. The lowest BCUT2D eigenvalue weighted by atomic mass is 10.1. The van der Waals surface area contributed by atoms with Crippen molar-refractivity contribution >= 4 is 22.7 Å². The smallest absolute Gasteiger partial charge is 0.0980 e. The molecule has 0 amide bonds. The molecule has 0 aliphatic heterocycles. The van der Waals surface area contributed by atoms with Crippen molar-refractivity contribution in [3.05, 3.63) is 35.4 Å². The second-order valence-electron chi connectivity index (χ2n) is 3.74. The first-order chi connectivity index (χ1) is 7.70. The van der Waals surface area contributed by atoms with E-state index in [9.17, 15) is 0 Å². The van der Waals surface area contributed by atoms with Crippen molar-refractivity contribution in [1.29, 1.82) is 5.26 Å². The normalized spacial score (nSPS) is 10.3. The number of hydrogen-bond acceptors (Lipinski definition) is 3. The van der Waals surface area contributed by atoms with Crippen LogP contribution in [0.25, 0.3) is 10.9 Å². The van der Waals surface area contributed by atoms with Crippen LogP contribution in [-0.4, -0.2) is 10.7 Å². The van der Waals surface area contributed by atoms with Crippen LogP contribution in [0.15, 0.2) is 29.3 Å². The molecule has 1 aromatic heterocycles. The Morgan fingerprint density at radius 1 is 1.31 bits per heavy atom. The minimum Gasteiger partial charge on any atom is -0.241 e. The second-order valence-corrected chi connectivity index (χ2v) is 4.74. The van der Waals surface area contributed by atoms with Crippen molar-refractivity contribution in [3.63, 3.8) is 0 Å². The molecule has 3 heteroatoms. The van der Waals surface area contributed by atoms with Gasteiger partial charge in [0.05, 0.1) is 22.4 Å². The van der Waals surface area contributed by atoms with Crippen LogP contribution in [-0.2, 0) is 0 Å². The van der Waals surface area contributed by atoms with Gasteiger partial charge in [-0.25, -0.2) is 4.98 Å². The molecule has 0 N–H and O–H groups in total. The van der Waals surface area contributed by atoms with E-state index < -0.39 is 0 Å². The van der Waals surface area contributed by atoms with Gasteiger partial charge in [0, 0.05) is 5.39 Å². The number of thioether (sulfide) groups is 1. The molecule has 0 saturated heterocycles. The number of nitrogens with zero attached hydrogens (tertiary/aromatic N) is 2. The van der Waals surface area contributed by atoms with E-state index in [0.717, 1.165) is 10.5 Å². The van der Waals surface area contributed by atoms with Crippen LogP contribution in [0.5, 0.6) is 0 Å². The van der Waals surface area contributed by atoms with Crippen molar-refractivity contribution in [3.8, 4) is 6.07 Å². The van der Waals surface area contributed by atoms with Gasteiger partial charge in [0.1, 0.15) is 0 Å². The fraction of sp³-hybridized carbons (Fsp3) is 0.231. The zero-order chi connectivity index (χ0) is 11.5. The van der Waals surface area contributed by atoms with E-state index in [4.69, 9.17) is 5.26 Å². The second kappa shape index (κ2) is 4.54. The number of pyridine rings is 1. The Morgan fingerprint density at radius 3 is 2.88 bits per heavy atom. The highest BCUT2D eigenvalue weighted by Gasteiger charge is 2.03. The molecule has 1 aromatic carbocycles. The minimum absolute atomic E-state index is 0.448. The number of fused-ring (bicyclic) bond motifs is 1. The Labute approximate surface area is 99.3 Å². The molecule has 0 unspecified atom stereocenters. The van der Waals surface area contributed by atoms with Crippen molar-refractivity contribution in [2.45, 2.75) is 18.9 Å². The Balaban J connectivity index is 2.51. The van der Waals surface area contributed by atoms with Crippen molar-refractivity contribution in [2.75, 3.05) is 5.75 Å². The van der Waals surface area contributed by atoms with Gasteiger partial charge in [0.2, 0.25) is 0 Å². The van der Waals surface area contributed by atoms with E-state index in [0.29, 0.717) is 5.75 Å². The molecule has 0 bridgehead atoms. The summed E-state index contributed by atoms with van der Waals surface area (Å²) >= 11 is 1.48. The third-order valence-corrected chi connectivity index (χ3v) is 3.21. The van der Waals surface area contributed by atoms with E-state index in [1.807, 2.05) is 12.1 Å². The lowest BCUT2D eigenvalue weighted by Gasteiger charge is -2.05. The molecule has 16 heavy (non-hydrogen) atoms. The molecule has 2 aromatic rings. The molecule has 0 fully saturated rings. The summed E-state index contributed by atoms with van der Waals surface area (Å²) in [5, 5.41) is 10.7. The van der Waals surface area contributed by atoms with Crippen LogP contribution in [0.2, 0.25) is 0 Å². The highest BCUT2D eigenvalue weighted by Crippen LogP contribution is 2.24. The molecule has 0 spiro atoms. The van der Waals surface area contributed by atoms with Gasteiger partial charge in [-0.3, -0.25) is 0 Å². The van der Waals surface area contributed by atoms with Crippen LogP contribution >= 0.6 is 11.8 Å². The quantitative estimate of drug-likeness (QED) is 0.738. The summed E-state index contributed by atoms with van der Waals surface area (Å²) in [6.45, 7) is 4.16. The molecule has 0 radical (unpaired) electrons. The average Bonchev–Trinajstić information content (AvgIpc) is 2.27. The highest BCUT2D eigenvalue weighted by atomic mass is 32.2. The first-order valence-corrected chi connectivity index (χ1v) is 6.07. The number of hydrogen-bond donors (Lipinski definition) is 0. The molecule has 0 saturated carbocycles. The molecular weight excluding hydrogens is 216 g/mol. The Kier molecular flexibility index (Phi) is 3.12. The van der Waals surface area contributed by atoms with Gasteiger partial charge in [0.25, 0.3) is 0 Å². The predicted octanol–water partition coefficient (Wildman–Crippen LogP) is 3.47. The number of aromatic nitrogens is 1. The van der Waals surface area contributed by atoms with Gasteiger partial charge < -0.3 is 0 Å². The van der Waals surface area contributed by atoms with Crippen LogP contribution in [0.3, 0.4) is 0 Å². The van der Waals surface area contributed by atoms with Gasteiger partial charge in [-0.2, -0.15) is 5.26 Å². The predicted molar refractivity (Wildman–Crippen MR) is 67.6 cm³/mol. The summed E-state index contributed by atoms with van der Waals surface area (Å²) in [6, 6.07) is 10.4. The molecule has 2 rings (SSSR count). The SMILES string of the molecule is Cc1ccc2nc(SCC#N)cc(C)c2c1. The van der Waals surface area contributed by atoms with Crippen molar-refractivity contribution < 1.29 is 0 Å². The summed E-state index contributed by atoms with van der Waals surface area (Å²) in [4.78, 5) is 4.53. The Morgan fingerprint density at radius 2 is 2.12 bits per heavy atom. The van der Waals surface area contributed by atoms with E-state index in [2.05, 4.69) is 37.0 Å². The third kappa shape index (κ3) is 2.17. The van der Waals surface area contributed by atoms with Gasteiger partial charge in [-0.15, -0.1) is 0 Å². The maximum absolute atomic E-state index is 8.55. The van der Waals surface area contributed by atoms with E-state index in [1.165, 1.54) is 28.3 Å². The summed E-state index contributed by atoms with van der Waals surface area (Å²) in [5.74, 6) is 0.448. The number of aryl methyl sites for hydroxylation is 2. The van der Waals surface area contributed by atoms with E-state index >= 15 is 0 Å². The first kappa shape index (κ1) is 11.0. The standard InChI is InChI=1S/C13H12N2S/c1-9-3-4-12-11(7-9)10(2)8-13(15-12)16-6-5-14/h3-4,7-8H,6H2,1-2H3. The maximum atomic E-state index is 8.55.